The topological polar surface area (TPSA) is 99.4 Å². The van der Waals surface area contributed by atoms with E-state index in [1.807, 2.05) is 18.2 Å². The molecule has 8 nitrogen and oxygen atoms in total. The number of para-hydroxylation sites is 1. The number of pyridine rings is 1. The van der Waals surface area contributed by atoms with Gasteiger partial charge < -0.3 is 19.3 Å². The number of methoxy groups -OCH3 is 1. The molecule has 150 valence electrons. The highest BCUT2D eigenvalue weighted by Crippen LogP contribution is 2.28. The van der Waals surface area contributed by atoms with Gasteiger partial charge in [0.15, 0.2) is 6.61 Å². The van der Waals surface area contributed by atoms with E-state index in [9.17, 15) is 4.79 Å². The Hall–Kier alpha value is -4.20. The first kappa shape index (κ1) is 19.1. The summed E-state index contributed by atoms with van der Waals surface area (Å²) in [6.45, 7) is -0.149. The van der Waals surface area contributed by atoms with E-state index in [1.165, 1.54) is 0 Å². The minimum Gasteiger partial charge on any atom is -0.497 e. The highest BCUT2D eigenvalue weighted by atomic mass is 16.5. The van der Waals surface area contributed by atoms with E-state index >= 15 is 0 Å². The molecule has 0 saturated carbocycles. The summed E-state index contributed by atoms with van der Waals surface area (Å²) in [6.07, 6.45) is 1.66. The van der Waals surface area contributed by atoms with Gasteiger partial charge in [-0.1, -0.05) is 23.4 Å². The van der Waals surface area contributed by atoms with Crippen LogP contribution in [0.2, 0.25) is 0 Å². The third-order valence-electron chi connectivity index (χ3n) is 4.18. The van der Waals surface area contributed by atoms with Gasteiger partial charge in [-0.3, -0.25) is 9.78 Å². The van der Waals surface area contributed by atoms with Crippen molar-refractivity contribution >= 4 is 11.6 Å². The standard InChI is InChI=1S/C22H18N4O4/c1-28-15-9-11-16(12-10-15)29-14-20(27)24-18-7-3-2-6-17(18)22-25-21(26-30-22)19-8-4-5-13-23-19/h2-13H,14H2,1H3,(H,24,27). The van der Waals surface area contributed by atoms with Crippen LogP contribution in [0.1, 0.15) is 0 Å². The Bertz CT molecular complexity index is 1130. The number of benzene rings is 2. The molecule has 1 amide bonds. The van der Waals surface area contributed by atoms with Crippen LogP contribution in [0.15, 0.2) is 77.4 Å². The van der Waals surface area contributed by atoms with Crippen molar-refractivity contribution in [1.29, 1.82) is 0 Å². The summed E-state index contributed by atoms with van der Waals surface area (Å²) in [5.74, 6) is 1.61. The minimum atomic E-state index is -0.317. The summed E-state index contributed by atoms with van der Waals surface area (Å²) in [6, 6.07) is 19.6. The van der Waals surface area contributed by atoms with Crippen molar-refractivity contribution in [2.45, 2.75) is 0 Å². The van der Waals surface area contributed by atoms with Crippen molar-refractivity contribution in [3.63, 3.8) is 0 Å². The van der Waals surface area contributed by atoms with Gasteiger partial charge in [-0.25, -0.2) is 0 Å². The van der Waals surface area contributed by atoms with E-state index in [1.54, 1.807) is 61.8 Å². The van der Waals surface area contributed by atoms with Gasteiger partial charge in [0.05, 0.1) is 18.4 Å². The average Bonchev–Trinajstić information content (AvgIpc) is 3.29. The lowest BCUT2D eigenvalue weighted by Gasteiger charge is -2.10. The predicted molar refractivity (Wildman–Crippen MR) is 110 cm³/mol. The van der Waals surface area contributed by atoms with Gasteiger partial charge in [-0.05, 0) is 48.5 Å². The number of rotatable bonds is 7. The maximum absolute atomic E-state index is 12.4. The van der Waals surface area contributed by atoms with Gasteiger partial charge in [0, 0.05) is 6.20 Å². The molecule has 0 spiro atoms. The number of hydrogen-bond acceptors (Lipinski definition) is 7. The summed E-state index contributed by atoms with van der Waals surface area (Å²) >= 11 is 0. The van der Waals surface area contributed by atoms with Crippen LogP contribution >= 0.6 is 0 Å². The second-order valence-corrected chi connectivity index (χ2v) is 6.20. The quantitative estimate of drug-likeness (QED) is 0.501. The molecule has 1 N–H and O–H groups in total. The maximum atomic E-state index is 12.4. The third-order valence-corrected chi connectivity index (χ3v) is 4.18. The molecule has 0 aliphatic carbocycles. The highest BCUT2D eigenvalue weighted by molar-refractivity contribution is 5.95. The van der Waals surface area contributed by atoms with Gasteiger partial charge in [0.25, 0.3) is 11.8 Å². The van der Waals surface area contributed by atoms with E-state index in [0.717, 1.165) is 0 Å². The molecule has 4 rings (SSSR count). The highest BCUT2D eigenvalue weighted by Gasteiger charge is 2.16. The molecule has 0 fully saturated rings. The normalized spacial score (nSPS) is 10.4. The number of nitrogens with one attached hydrogen (secondary N) is 1. The zero-order valence-corrected chi connectivity index (χ0v) is 16.1. The summed E-state index contributed by atoms with van der Waals surface area (Å²) in [5, 5.41) is 6.80. The number of carbonyl (C=O) groups excluding carboxylic acids is 1. The van der Waals surface area contributed by atoms with Gasteiger partial charge >= 0.3 is 0 Å². The summed E-state index contributed by atoms with van der Waals surface area (Å²) in [5.41, 5.74) is 1.74. The Morgan fingerprint density at radius 1 is 1.00 bits per heavy atom. The van der Waals surface area contributed by atoms with Crippen LogP contribution in [-0.2, 0) is 4.79 Å². The Labute approximate surface area is 172 Å². The summed E-state index contributed by atoms with van der Waals surface area (Å²) in [7, 11) is 1.59. The van der Waals surface area contributed by atoms with E-state index < -0.39 is 0 Å². The van der Waals surface area contributed by atoms with Crippen LogP contribution in [0.5, 0.6) is 11.5 Å². The van der Waals surface area contributed by atoms with Crippen LogP contribution in [0, 0.1) is 0 Å². The number of ether oxygens (including phenoxy) is 2. The predicted octanol–water partition coefficient (Wildman–Crippen LogP) is 3.82. The smallest absolute Gasteiger partial charge is 0.262 e. The minimum absolute atomic E-state index is 0.149. The van der Waals surface area contributed by atoms with Crippen molar-refractivity contribution in [1.82, 2.24) is 15.1 Å². The molecule has 0 saturated heterocycles. The van der Waals surface area contributed by atoms with Crippen molar-refractivity contribution in [2.75, 3.05) is 19.0 Å². The second kappa shape index (κ2) is 8.87. The monoisotopic (exact) mass is 402 g/mol. The van der Waals surface area contributed by atoms with Crippen molar-refractivity contribution < 1.29 is 18.8 Å². The fourth-order valence-electron chi connectivity index (χ4n) is 2.72. The average molecular weight is 402 g/mol. The Morgan fingerprint density at radius 2 is 1.77 bits per heavy atom. The van der Waals surface area contributed by atoms with Gasteiger partial charge in [0.2, 0.25) is 5.82 Å². The zero-order chi connectivity index (χ0) is 20.8. The molecule has 0 radical (unpaired) electrons. The van der Waals surface area contributed by atoms with E-state index in [4.69, 9.17) is 14.0 Å². The molecule has 0 aliphatic rings. The largest absolute Gasteiger partial charge is 0.497 e. The Morgan fingerprint density at radius 3 is 2.53 bits per heavy atom. The number of nitrogens with zero attached hydrogens (tertiary/aromatic N) is 3. The number of amides is 1. The molecular formula is C22H18N4O4. The van der Waals surface area contributed by atoms with Crippen molar-refractivity contribution in [2.24, 2.45) is 0 Å². The van der Waals surface area contributed by atoms with Gasteiger partial charge in [-0.2, -0.15) is 4.98 Å². The molecule has 2 heterocycles. The Kier molecular flexibility index (Phi) is 5.66. The molecule has 30 heavy (non-hydrogen) atoms. The number of aromatic nitrogens is 3. The zero-order valence-electron chi connectivity index (χ0n) is 16.1. The van der Waals surface area contributed by atoms with Crippen LogP contribution in [0.25, 0.3) is 23.0 Å². The fraction of sp³-hybridized carbons (Fsp3) is 0.0909. The molecule has 0 aliphatic heterocycles. The Balaban J connectivity index is 1.45. The van der Waals surface area contributed by atoms with Gasteiger partial charge in [-0.15, -0.1) is 0 Å². The number of hydrogen-bond donors (Lipinski definition) is 1. The number of anilines is 1. The molecular weight excluding hydrogens is 384 g/mol. The van der Waals surface area contributed by atoms with Crippen molar-refractivity contribution in [3.8, 4) is 34.5 Å². The third kappa shape index (κ3) is 4.44. The van der Waals surface area contributed by atoms with Crippen molar-refractivity contribution in [3.05, 3.63) is 72.9 Å². The van der Waals surface area contributed by atoms with Gasteiger partial charge in [0.1, 0.15) is 17.2 Å². The van der Waals surface area contributed by atoms with Crippen LogP contribution < -0.4 is 14.8 Å². The molecule has 0 atom stereocenters. The molecule has 2 aromatic carbocycles. The molecule has 0 bridgehead atoms. The lowest BCUT2D eigenvalue weighted by Crippen LogP contribution is -2.20. The molecule has 0 unspecified atom stereocenters. The van der Waals surface area contributed by atoms with E-state index in [0.29, 0.717) is 34.3 Å². The summed E-state index contributed by atoms with van der Waals surface area (Å²) in [4.78, 5) is 21.0. The van der Waals surface area contributed by atoms with Crippen LogP contribution in [0.4, 0.5) is 5.69 Å². The lowest BCUT2D eigenvalue weighted by atomic mass is 10.1. The summed E-state index contributed by atoms with van der Waals surface area (Å²) < 4.78 is 16.0. The second-order valence-electron chi connectivity index (χ2n) is 6.20. The molecule has 2 aromatic heterocycles. The first-order valence-corrected chi connectivity index (χ1v) is 9.14. The fourth-order valence-corrected chi connectivity index (χ4v) is 2.72. The first-order valence-electron chi connectivity index (χ1n) is 9.14. The molecule has 4 aromatic rings. The lowest BCUT2D eigenvalue weighted by molar-refractivity contribution is -0.118. The van der Waals surface area contributed by atoms with E-state index in [2.05, 4.69) is 20.4 Å². The SMILES string of the molecule is COc1ccc(OCC(=O)Nc2ccccc2-c2nc(-c3ccccn3)no2)cc1. The van der Waals surface area contributed by atoms with Crippen LogP contribution in [-0.4, -0.2) is 34.7 Å². The van der Waals surface area contributed by atoms with Crippen LogP contribution in [0.3, 0.4) is 0 Å². The van der Waals surface area contributed by atoms with E-state index in [-0.39, 0.29) is 18.4 Å². The first-order chi connectivity index (χ1) is 14.7. The number of carbonyl (C=O) groups is 1. The molecule has 8 heteroatoms. The maximum Gasteiger partial charge on any atom is 0.262 e.